The van der Waals surface area contributed by atoms with E-state index in [1.165, 1.54) is 21.6 Å². The molecule has 164 valence electrons. The molecular formula is C25H31N2O4+. The summed E-state index contributed by atoms with van der Waals surface area (Å²) in [6, 6.07) is 15.8. The summed E-state index contributed by atoms with van der Waals surface area (Å²) in [5.74, 6) is -0.640. The average molecular weight is 424 g/mol. The summed E-state index contributed by atoms with van der Waals surface area (Å²) in [4.78, 5) is 28.3. The Hall–Kier alpha value is -2.70. The van der Waals surface area contributed by atoms with E-state index in [4.69, 9.17) is 9.47 Å². The molecule has 1 aliphatic carbocycles. The molecule has 1 amide bonds. The molecule has 1 fully saturated rings. The number of fused-ring (bicyclic) bond motifs is 1. The average Bonchev–Trinajstić information content (AvgIpc) is 2.82. The highest BCUT2D eigenvalue weighted by Crippen LogP contribution is 2.33. The summed E-state index contributed by atoms with van der Waals surface area (Å²) >= 11 is 0. The van der Waals surface area contributed by atoms with Crippen molar-refractivity contribution in [1.82, 2.24) is 4.90 Å². The molecule has 31 heavy (non-hydrogen) atoms. The molecule has 1 N–H and O–H groups in total. The molecule has 4 rings (SSSR count). The lowest BCUT2D eigenvalue weighted by atomic mass is 9.87. The van der Waals surface area contributed by atoms with Crippen molar-refractivity contribution in [2.45, 2.75) is 31.8 Å². The van der Waals surface area contributed by atoms with Gasteiger partial charge in [0.25, 0.3) is 5.91 Å². The highest BCUT2D eigenvalue weighted by molar-refractivity contribution is 5.91. The minimum absolute atomic E-state index is 0.0399. The first-order chi connectivity index (χ1) is 15.1. The lowest BCUT2D eigenvalue weighted by molar-refractivity contribution is -0.921. The molecule has 0 unspecified atom stereocenters. The van der Waals surface area contributed by atoms with Crippen molar-refractivity contribution < 1.29 is 24.0 Å². The van der Waals surface area contributed by atoms with Gasteiger partial charge in [-0.15, -0.1) is 0 Å². The van der Waals surface area contributed by atoms with Crippen LogP contribution < -0.4 is 4.90 Å². The van der Waals surface area contributed by atoms with Crippen LogP contribution in [0.25, 0.3) is 0 Å². The molecule has 6 nitrogen and oxygen atoms in total. The van der Waals surface area contributed by atoms with E-state index in [2.05, 4.69) is 12.1 Å². The van der Waals surface area contributed by atoms with Crippen molar-refractivity contribution in [3.63, 3.8) is 0 Å². The lowest BCUT2D eigenvalue weighted by Crippen LogP contribution is -3.12. The third-order valence-electron chi connectivity index (χ3n) is 6.37. The summed E-state index contributed by atoms with van der Waals surface area (Å²) in [6.45, 7) is 4.29. The van der Waals surface area contributed by atoms with Gasteiger partial charge in [-0.2, -0.15) is 0 Å². The molecule has 1 saturated heterocycles. The molecule has 1 aliphatic heterocycles. The number of morpholine rings is 1. The Bertz CT molecular complexity index is 906. The van der Waals surface area contributed by atoms with E-state index in [0.29, 0.717) is 5.56 Å². The number of likely N-dealkylation sites (N-methyl/N-ethyl adjacent to an activating group) is 1. The Morgan fingerprint density at radius 3 is 2.61 bits per heavy atom. The Morgan fingerprint density at radius 2 is 1.84 bits per heavy atom. The van der Waals surface area contributed by atoms with Gasteiger partial charge < -0.3 is 19.3 Å². The van der Waals surface area contributed by atoms with Crippen molar-refractivity contribution in [3.8, 4) is 0 Å². The number of amides is 1. The quantitative estimate of drug-likeness (QED) is 0.720. The van der Waals surface area contributed by atoms with Crippen LogP contribution in [0.5, 0.6) is 0 Å². The fourth-order valence-corrected chi connectivity index (χ4v) is 4.50. The standard InChI is InChI=1S/C25H30N2O4/c1-26(23-8-4-6-20-5-2-3-7-22(20)23)24(28)18-31-25(29)21-11-9-19(10-12-21)17-27-13-15-30-16-14-27/h2-3,5,7,9-12,23H,4,6,8,13-18H2,1H3/p+1/t23-/m1/s1. The van der Waals surface area contributed by atoms with Gasteiger partial charge in [-0.05, 0) is 42.5 Å². The van der Waals surface area contributed by atoms with Crippen LogP contribution >= 0.6 is 0 Å². The van der Waals surface area contributed by atoms with Crippen LogP contribution in [0.4, 0.5) is 0 Å². The molecule has 0 radical (unpaired) electrons. The zero-order valence-corrected chi connectivity index (χ0v) is 18.1. The fraction of sp³-hybridized carbons (Fsp3) is 0.440. The number of nitrogens with zero attached hydrogens (tertiary/aromatic N) is 1. The fourth-order valence-electron chi connectivity index (χ4n) is 4.50. The molecule has 6 heteroatoms. The summed E-state index contributed by atoms with van der Waals surface area (Å²) in [5, 5.41) is 0. The number of nitrogens with one attached hydrogen (secondary N) is 1. The largest absolute Gasteiger partial charge is 0.452 e. The highest BCUT2D eigenvalue weighted by Gasteiger charge is 2.27. The van der Waals surface area contributed by atoms with Gasteiger partial charge in [0.05, 0.1) is 24.8 Å². The maximum atomic E-state index is 12.7. The van der Waals surface area contributed by atoms with Gasteiger partial charge in [0.1, 0.15) is 19.6 Å². The van der Waals surface area contributed by atoms with Crippen LogP contribution in [0.1, 0.15) is 45.9 Å². The van der Waals surface area contributed by atoms with Crippen molar-refractivity contribution >= 4 is 11.9 Å². The zero-order chi connectivity index (χ0) is 21.6. The van der Waals surface area contributed by atoms with E-state index in [0.717, 1.165) is 52.1 Å². The maximum Gasteiger partial charge on any atom is 0.338 e. The number of benzene rings is 2. The van der Waals surface area contributed by atoms with Gasteiger partial charge in [-0.25, -0.2) is 4.79 Å². The van der Waals surface area contributed by atoms with Gasteiger partial charge in [0.15, 0.2) is 6.61 Å². The molecule has 0 spiro atoms. The number of carbonyl (C=O) groups is 2. The monoisotopic (exact) mass is 423 g/mol. The predicted molar refractivity (Wildman–Crippen MR) is 117 cm³/mol. The molecule has 2 aromatic carbocycles. The predicted octanol–water partition coefficient (Wildman–Crippen LogP) is 1.79. The van der Waals surface area contributed by atoms with E-state index in [1.54, 1.807) is 24.1 Å². The van der Waals surface area contributed by atoms with E-state index in [1.807, 2.05) is 24.3 Å². The van der Waals surface area contributed by atoms with Gasteiger partial charge in [0.2, 0.25) is 0 Å². The van der Waals surface area contributed by atoms with Gasteiger partial charge in [0, 0.05) is 12.6 Å². The highest BCUT2D eigenvalue weighted by atomic mass is 16.5. The molecule has 0 bridgehead atoms. The van der Waals surface area contributed by atoms with Crippen molar-refractivity contribution in [3.05, 3.63) is 70.8 Å². The Kier molecular flexibility index (Phi) is 6.99. The van der Waals surface area contributed by atoms with Crippen LogP contribution in [0, 0.1) is 0 Å². The van der Waals surface area contributed by atoms with Gasteiger partial charge in [-0.1, -0.05) is 36.4 Å². The van der Waals surface area contributed by atoms with E-state index in [9.17, 15) is 9.59 Å². The Morgan fingerprint density at radius 1 is 1.10 bits per heavy atom. The minimum atomic E-state index is -0.462. The summed E-state index contributed by atoms with van der Waals surface area (Å²) in [7, 11) is 1.80. The summed E-state index contributed by atoms with van der Waals surface area (Å²) in [6.07, 6.45) is 3.03. The number of ether oxygens (including phenoxy) is 2. The molecule has 2 aliphatic rings. The maximum absolute atomic E-state index is 12.7. The smallest absolute Gasteiger partial charge is 0.338 e. The van der Waals surface area contributed by atoms with E-state index in [-0.39, 0.29) is 18.6 Å². The van der Waals surface area contributed by atoms with Gasteiger partial charge >= 0.3 is 5.97 Å². The third kappa shape index (κ3) is 5.32. The molecular weight excluding hydrogens is 392 g/mol. The zero-order valence-electron chi connectivity index (χ0n) is 18.1. The van der Waals surface area contributed by atoms with Crippen molar-refractivity contribution in [2.75, 3.05) is 40.0 Å². The van der Waals surface area contributed by atoms with Gasteiger partial charge in [-0.3, -0.25) is 4.79 Å². The Labute approximate surface area is 183 Å². The normalized spacial score (nSPS) is 18.8. The van der Waals surface area contributed by atoms with Crippen LogP contribution in [-0.2, 0) is 27.2 Å². The third-order valence-corrected chi connectivity index (χ3v) is 6.37. The molecule has 0 saturated carbocycles. The number of hydrogen-bond donors (Lipinski definition) is 1. The number of carbonyl (C=O) groups excluding carboxylic acids is 2. The van der Waals surface area contributed by atoms with E-state index >= 15 is 0 Å². The number of esters is 1. The number of hydrogen-bond acceptors (Lipinski definition) is 4. The lowest BCUT2D eigenvalue weighted by Gasteiger charge is -2.33. The molecule has 1 atom stereocenters. The molecule has 0 aromatic heterocycles. The minimum Gasteiger partial charge on any atom is -0.452 e. The second-order valence-electron chi connectivity index (χ2n) is 8.42. The summed E-state index contributed by atoms with van der Waals surface area (Å²) < 4.78 is 10.7. The number of quaternary nitrogens is 1. The van der Waals surface area contributed by atoms with Crippen molar-refractivity contribution in [2.24, 2.45) is 0 Å². The topological polar surface area (TPSA) is 60.3 Å². The van der Waals surface area contributed by atoms with Crippen LogP contribution in [-0.4, -0.2) is 56.7 Å². The number of rotatable bonds is 6. The van der Waals surface area contributed by atoms with Crippen LogP contribution in [0.2, 0.25) is 0 Å². The first kappa shape index (κ1) is 21.5. The SMILES string of the molecule is CN(C(=O)COC(=O)c1ccc(C[NH+]2CCOCC2)cc1)[C@@H]1CCCc2ccccc21. The van der Waals surface area contributed by atoms with E-state index < -0.39 is 5.97 Å². The second-order valence-corrected chi connectivity index (χ2v) is 8.42. The molecule has 1 heterocycles. The number of aryl methyl sites for hydroxylation is 1. The van der Waals surface area contributed by atoms with Crippen LogP contribution in [0.15, 0.2) is 48.5 Å². The second kappa shape index (κ2) is 10.1. The van der Waals surface area contributed by atoms with Crippen molar-refractivity contribution in [1.29, 1.82) is 0 Å². The Balaban J connectivity index is 1.29. The van der Waals surface area contributed by atoms with Crippen LogP contribution in [0.3, 0.4) is 0 Å². The first-order valence-electron chi connectivity index (χ1n) is 11.1. The first-order valence-corrected chi connectivity index (χ1v) is 11.1. The molecule has 2 aromatic rings. The summed E-state index contributed by atoms with van der Waals surface area (Å²) in [5.41, 5.74) is 4.16.